The number of nitrogens with one attached hydrogen (secondary N) is 4. The lowest BCUT2D eigenvalue weighted by Gasteiger charge is -2.20. The quantitative estimate of drug-likeness (QED) is 0.118. The number of unbranched alkanes of at least 4 members (excludes halogenated alkanes) is 1. The second-order valence-electron chi connectivity index (χ2n) is 7.34. The first-order valence-corrected chi connectivity index (χ1v) is 10.4. The van der Waals surface area contributed by atoms with Crippen molar-refractivity contribution in [3.8, 4) is 0 Å². The number of H-pyrrole nitrogens is 1. The van der Waals surface area contributed by atoms with Crippen molar-refractivity contribution in [1.82, 2.24) is 25.9 Å². The van der Waals surface area contributed by atoms with Gasteiger partial charge in [0.1, 0.15) is 12.1 Å². The second kappa shape index (κ2) is 14.5. The number of aromatic amines is 1. The Kier molecular flexibility index (Phi) is 12.1. The standard InChI is InChI=1S/C19H31N7O7/c20-6-2-1-3-12(21)17(30)26-14(7-11-8-22-10-24-11)18(31)23-9-15(27)25-13(19(32)33)4-5-16(28)29/h8,10,12-14H,1-7,9,20-21H2,(H,22,24)(H,23,31)(H,25,27)(H,26,30)(H,28,29)(H,32,33). The fourth-order valence-corrected chi connectivity index (χ4v) is 2.81. The van der Waals surface area contributed by atoms with E-state index in [2.05, 4.69) is 25.9 Å². The van der Waals surface area contributed by atoms with Crippen molar-refractivity contribution >= 4 is 29.7 Å². The summed E-state index contributed by atoms with van der Waals surface area (Å²) in [6.45, 7) is -0.103. The van der Waals surface area contributed by atoms with Crippen LogP contribution in [0.1, 0.15) is 37.8 Å². The Labute approximate surface area is 189 Å². The fraction of sp³-hybridized carbons (Fsp3) is 0.579. The molecule has 1 aromatic heterocycles. The Morgan fingerprint density at radius 2 is 1.76 bits per heavy atom. The smallest absolute Gasteiger partial charge is 0.326 e. The molecule has 3 atom stereocenters. The Hall–Kier alpha value is -3.52. The van der Waals surface area contributed by atoms with Gasteiger partial charge in [-0.3, -0.25) is 19.2 Å². The first-order valence-electron chi connectivity index (χ1n) is 10.4. The molecule has 1 aromatic rings. The van der Waals surface area contributed by atoms with Crippen LogP contribution < -0.4 is 27.4 Å². The number of amides is 3. The number of imidazole rings is 1. The number of nitrogens with zero attached hydrogens (tertiary/aromatic N) is 1. The highest BCUT2D eigenvalue weighted by Gasteiger charge is 2.26. The molecule has 33 heavy (non-hydrogen) atoms. The SMILES string of the molecule is NCCCCC(N)C(=O)NC(Cc1cnc[nH]1)C(=O)NCC(=O)NC(CCC(=O)O)C(=O)O. The zero-order chi connectivity index (χ0) is 24.8. The number of rotatable bonds is 16. The molecular formula is C19H31N7O7. The second-order valence-corrected chi connectivity index (χ2v) is 7.34. The summed E-state index contributed by atoms with van der Waals surface area (Å²) in [5.41, 5.74) is 11.8. The minimum Gasteiger partial charge on any atom is -0.481 e. The van der Waals surface area contributed by atoms with Crippen LogP contribution in [0.2, 0.25) is 0 Å². The lowest BCUT2D eigenvalue weighted by molar-refractivity contribution is -0.143. The lowest BCUT2D eigenvalue weighted by Crippen LogP contribution is -2.54. The van der Waals surface area contributed by atoms with Crippen LogP contribution in [0.25, 0.3) is 0 Å². The summed E-state index contributed by atoms with van der Waals surface area (Å²) in [6.07, 6.45) is 3.90. The minimum atomic E-state index is -1.42. The average Bonchev–Trinajstić information content (AvgIpc) is 3.27. The number of hydrogen-bond acceptors (Lipinski definition) is 8. The van der Waals surface area contributed by atoms with E-state index >= 15 is 0 Å². The molecule has 10 N–H and O–H groups in total. The van der Waals surface area contributed by atoms with Gasteiger partial charge in [0.15, 0.2) is 0 Å². The first kappa shape index (κ1) is 27.5. The van der Waals surface area contributed by atoms with Crippen LogP contribution >= 0.6 is 0 Å². The highest BCUT2D eigenvalue weighted by molar-refractivity contribution is 5.92. The predicted octanol–water partition coefficient (Wildman–Crippen LogP) is -2.56. The lowest BCUT2D eigenvalue weighted by atomic mass is 10.1. The molecule has 1 heterocycles. The Bertz CT molecular complexity index is 800. The molecule has 14 nitrogen and oxygen atoms in total. The van der Waals surface area contributed by atoms with E-state index < -0.39 is 60.8 Å². The monoisotopic (exact) mass is 469 g/mol. The van der Waals surface area contributed by atoms with Crippen molar-refractivity contribution < 1.29 is 34.2 Å². The van der Waals surface area contributed by atoms with Crippen LogP contribution in [0.4, 0.5) is 0 Å². The number of hydrogen-bond donors (Lipinski definition) is 8. The number of carbonyl (C=O) groups excluding carboxylic acids is 3. The molecule has 0 aliphatic heterocycles. The molecular weight excluding hydrogens is 438 g/mol. The van der Waals surface area contributed by atoms with Crippen molar-refractivity contribution in [3.63, 3.8) is 0 Å². The number of nitrogens with two attached hydrogens (primary N) is 2. The Balaban J connectivity index is 2.69. The van der Waals surface area contributed by atoms with Gasteiger partial charge in [-0.1, -0.05) is 6.42 Å². The fourth-order valence-electron chi connectivity index (χ4n) is 2.81. The number of carbonyl (C=O) groups is 5. The number of aliphatic carboxylic acids is 2. The molecule has 1 rings (SSSR count). The molecule has 3 amide bonds. The van der Waals surface area contributed by atoms with Gasteiger partial charge in [-0.25, -0.2) is 9.78 Å². The van der Waals surface area contributed by atoms with Gasteiger partial charge < -0.3 is 42.6 Å². The van der Waals surface area contributed by atoms with Crippen LogP contribution in [0.15, 0.2) is 12.5 Å². The molecule has 0 aliphatic carbocycles. The van der Waals surface area contributed by atoms with E-state index in [1.165, 1.54) is 12.5 Å². The van der Waals surface area contributed by atoms with Gasteiger partial charge in [-0.05, 0) is 25.8 Å². The maximum Gasteiger partial charge on any atom is 0.326 e. The van der Waals surface area contributed by atoms with E-state index in [0.29, 0.717) is 31.5 Å². The van der Waals surface area contributed by atoms with Gasteiger partial charge in [0.25, 0.3) is 0 Å². The Morgan fingerprint density at radius 1 is 1.03 bits per heavy atom. The van der Waals surface area contributed by atoms with Crippen LogP contribution in [0.3, 0.4) is 0 Å². The van der Waals surface area contributed by atoms with Crippen LogP contribution in [-0.4, -0.2) is 81.1 Å². The van der Waals surface area contributed by atoms with Gasteiger partial charge >= 0.3 is 11.9 Å². The summed E-state index contributed by atoms with van der Waals surface area (Å²) < 4.78 is 0. The molecule has 0 aliphatic rings. The summed E-state index contributed by atoms with van der Waals surface area (Å²) in [7, 11) is 0. The summed E-state index contributed by atoms with van der Waals surface area (Å²) >= 11 is 0. The van der Waals surface area contributed by atoms with Gasteiger partial charge in [-0.15, -0.1) is 0 Å². The summed E-state index contributed by atoms with van der Waals surface area (Å²) in [5.74, 6) is -4.67. The van der Waals surface area contributed by atoms with Crippen LogP contribution in [0, 0.1) is 0 Å². The maximum absolute atomic E-state index is 12.6. The van der Waals surface area contributed by atoms with Crippen LogP contribution in [-0.2, 0) is 30.4 Å². The molecule has 14 heteroatoms. The van der Waals surface area contributed by atoms with Gasteiger partial charge in [0, 0.05) is 24.7 Å². The zero-order valence-electron chi connectivity index (χ0n) is 18.1. The molecule has 184 valence electrons. The topological polar surface area (TPSA) is 243 Å². The van der Waals surface area contributed by atoms with E-state index in [1.54, 1.807) is 0 Å². The van der Waals surface area contributed by atoms with Crippen molar-refractivity contribution in [2.75, 3.05) is 13.1 Å². The van der Waals surface area contributed by atoms with E-state index in [9.17, 15) is 24.0 Å². The first-order chi connectivity index (χ1) is 15.6. The van der Waals surface area contributed by atoms with Gasteiger partial charge in [-0.2, -0.15) is 0 Å². The largest absolute Gasteiger partial charge is 0.481 e. The molecule has 0 bridgehead atoms. The molecule has 0 radical (unpaired) electrons. The molecule has 0 aromatic carbocycles. The maximum atomic E-state index is 12.6. The molecule has 3 unspecified atom stereocenters. The molecule has 0 saturated heterocycles. The number of carboxylic acids is 2. The molecule has 0 saturated carbocycles. The third kappa shape index (κ3) is 11.1. The highest BCUT2D eigenvalue weighted by atomic mass is 16.4. The van der Waals surface area contributed by atoms with E-state index in [1.807, 2.05) is 0 Å². The minimum absolute atomic E-state index is 0.0467. The number of carboxylic acid groups (broad SMARTS) is 2. The summed E-state index contributed by atoms with van der Waals surface area (Å²) in [4.78, 5) is 65.6. The predicted molar refractivity (Wildman–Crippen MR) is 115 cm³/mol. The normalized spacial score (nSPS) is 13.4. The van der Waals surface area contributed by atoms with E-state index in [4.69, 9.17) is 21.7 Å². The molecule has 0 spiro atoms. The van der Waals surface area contributed by atoms with Gasteiger partial charge in [0.2, 0.25) is 17.7 Å². The summed E-state index contributed by atoms with van der Waals surface area (Å²) in [5, 5.41) is 24.8. The average molecular weight is 469 g/mol. The Morgan fingerprint density at radius 3 is 2.33 bits per heavy atom. The zero-order valence-corrected chi connectivity index (χ0v) is 18.1. The van der Waals surface area contributed by atoms with E-state index in [-0.39, 0.29) is 12.8 Å². The van der Waals surface area contributed by atoms with E-state index in [0.717, 1.165) is 0 Å². The van der Waals surface area contributed by atoms with Gasteiger partial charge in [0.05, 0.1) is 18.9 Å². The van der Waals surface area contributed by atoms with Crippen molar-refractivity contribution in [2.45, 2.75) is 56.7 Å². The third-order valence-electron chi connectivity index (χ3n) is 4.62. The third-order valence-corrected chi connectivity index (χ3v) is 4.62. The summed E-state index contributed by atoms with van der Waals surface area (Å²) in [6, 6.07) is -3.34. The highest BCUT2D eigenvalue weighted by Crippen LogP contribution is 2.03. The van der Waals surface area contributed by atoms with Crippen molar-refractivity contribution in [2.24, 2.45) is 11.5 Å². The van der Waals surface area contributed by atoms with Crippen molar-refractivity contribution in [3.05, 3.63) is 18.2 Å². The van der Waals surface area contributed by atoms with Crippen LogP contribution in [0.5, 0.6) is 0 Å². The number of aromatic nitrogens is 2. The van der Waals surface area contributed by atoms with Crippen molar-refractivity contribution in [1.29, 1.82) is 0 Å². The molecule has 0 fully saturated rings.